The number of carbonyl (C=O) groups excluding carboxylic acids is 1. The molecule has 23 heavy (non-hydrogen) atoms. The third kappa shape index (κ3) is 4.47. The molecule has 1 N–H and O–H groups in total. The van der Waals surface area contributed by atoms with Gasteiger partial charge in [-0.1, -0.05) is 33.6 Å². The van der Waals surface area contributed by atoms with E-state index in [0.717, 1.165) is 21.8 Å². The molecule has 0 fully saturated rings. The molecule has 0 aliphatic carbocycles. The van der Waals surface area contributed by atoms with E-state index in [-0.39, 0.29) is 28.0 Å². The van der Waals surface area contributed by atoms with E-state index in [1.54, 1.807) is 0 Å². The first-order chi connectivity index (χ1) is 10.6. The van der Waals surface area contributed by atoms with Gasteiger partial charge in [0.05, 0.1) is 5.69 Å². The number of benzene rings is 2. The number of nitrogens with one attached hydrogen (secondary N) is 1. The molecule has 3 rings (SSSR count). The molecule has 0 saturated carbocycles. The molecule has 1 aromatic heterocycles. The second-order valence-electron chi connectivity index (χ2n) is 4.42. The van der Waals surface area contributed by atoms with Crippen LogP contribution in [0.2, 0.25) is 0 Å². The monoisotopic (exact) mass is 433 g/mol. The van der Waals surface area contributed by atoms with Crippen molar-refractivity contribution in [1.29, 1.82) is 0 Å². The van der Waals surface area contributed by atoms with Gasteiger partial charge in [0.1, 0.15) is 0 Å². The van der Waals surface area contributed by atoms with Gasteiger partial charge in [-0.05, 0) is 12.1 Å². The Balaban J connectivity index is 0.00000192. The second kappa shape index (κ2) is 7.82. The minimum Gasteiger partial charge on any atom is -0.338 e. The van der Waals surface area contributed by atoms with Gasteiger partial charge in [0.15, 0.2) is 11.0 Å². The molecule has 1 amide bonds. The maximum absolute atomic E-state index is 12.8. The summed E-state index contributed by atoms with van der Waals surface area (Å²) < 4.78 is 13.8. The van der Waals surface area contributed by atoms with Crippen LogP contribution in [-0.2, 0) is 16.5 Å². The van der Waals surface area contributed by atoms with Crippen molar-refractivity contribution in [3.63, 3.8) is 0 Å². The van der Waals surface area contributed by atoms with Crippen LogP contribution in [0.3, 0.4) is 0 Å². The van der Waals surface area contributed by atoms with E-state index < -0.39 is 5.82 Å². The molecule has 0 radical (unpaired) electrons. The SMILES string of the molecule is O=C(Nc1nc(-c2ccc(Br)cc2)cs1)c1[c-]cc(F)cc1.[Ni]. The summed E-state index contributed by atoms with van der Waals surface area (Å²) in [5.74, 6) is -0.792. The number of aromatic nitrogens is 1. The average Bonchev–Trinajstić information content (AvgIpc) is 2.97. The van der Waals surface area contributed by atoms with Crippen LogP contribution in [0.5, 0.6) is 0 Å². The molecule has 0 saturated heterocycles. The third-order valence-electron chi connectivity index (χ3n) is 2.88. The fraction of sp³-hybridized carbons (Fsp3) is 0. The first kappa shape index (κ1) is 17.8. The van der Waals surface area contributed by atoms with Gasteiger partial charge in [-0.25, -0.2) is 4.98 Å². The fourth-order valence-corrected chi connectivity index (χ4v) is 2.77. The van der Waals surface area contributed by atoms with E-state index in [4.69, 9.17) is 0 Å². The summed E-state index contributed by atoms with van der Waals surface area (Å²) in [7, 11) is 0. The molecule has 2 aromatic carbocycles. The quantitative estimate of drug-likeness (QED) is 0.477. The van der Waals surface area contributed by atoms with Crippen molar-refractivity contribution in [3.05, 3.63) is 69.8 Å². The third-order valence-corrected chi connectivity index (χ3v) is 4.17. The van der Waals surface area contributed by atoms with Crippen molar-refractivity contribution in [2.45, 2.75) is 0 Å². The van der Waals surface area contributed by atoms with Crippen molar-refractivity contribution in [2.24, 2.45) is 0 Å². The molecule has 7 heteroatoms. The number of hydrogen-bond donors (Lipinski definition) is 1. The van der Waals surface area contributed by atoms with Gasteiger partial charge >= 0.3 is 0 Å². The molecular formula is C16H9BrFN2NiOS-. The fourth-order valence-electron chi connectivity index (χ4n) is 1.80. The van der Waals surface area contributed by atoms with Crippen LogP contribution in [0.4, 0.5) is 9.52 Å². The van der Waals surface area contributed by atoms with Crippen LogP contribution >= 0.6 is 27.3 Å². The predicted octanol–water partition coefficient (Wildman–Crippen LogP) is 4.76. The molecule has 0 atom stereocenters. The number of halogens is 2. The van der Waals surface area contributed by atoms with Gasteiger partial charge in [0.2, 0.25) is 0 Å². The Kier molecular flexibility index (Phi) is 6.05. The van der Waals surface area contributed by atoms with E-state index in [1.807, 2.05) is 29.6 Å². The van der Waals surface area contributed by atoms with Gasteiger partial charge < -0.3 is 10.1 Å². The average molecular weight is 435 g/mol. The van der Waals surface area contributed by atoms with Crippen LogP contribution < -0.4 is 5.32 Å². The number of rotatable bonds is 3. The number of hydrogen-bond acceptors (Lipinski definition) is 3. The molecule has 0 unspecified atom stereocenters. The Hall–Kier alpha value is -1.56. The van der Waals surface area contributed by atoms with Crippen molar-refractivity contribution in [1.82, 2.24) is 4.98 Å². The number of amides is 1. The molecule has 3 nitrogen and oxygen atoms in total. The van der Waals surface area contributed by atoms with Gasteiger partial charge in [-0.3, -0.25) is 4.39 Å². The molecule has 120 valence electrons. The Labute approximate surface area is 155 Å². The van der Waals surface area contributed by atoms with Crippen LogP contribution in [0.15, 0.2) is 52.3 Å². The standard InChI is InChI=1S/C16H9BrFN2OS.Ni/c17-12-5-1-10(2-6-12)14-9-22-16(19-14)20-15(21)11-3-7-13(18)8-4-11;/h1-3,5-9H,(H,19,20,21);/q-1;. The molecule has 0 bridgehead atoms. The van der Waals surface area contributed by atoms with E-state index in [9.17, 15) is 9.18 Å². The molecule has 3 aromatic rings. The van der Waals surface area contributed by atoms with Gasteiger partial charge in [0, 0.05) is 37.7 Å². The Morgan fingerprint density at radius 1 is 1.22 bits per heavy atom. The largest absolute Gasteiger partial charge is 0.338 e. The first-order valence-electron chi connectivity index (χ1n) is 6.32. The number of thiazole rings is 1. The first-order valence-corrected chi connectivity index (χ1v) is 7.99. The summed E-state index contributed by atoms with van der Waals surface area (Å²) in [4.78, 5) is 16.4. The summed E-state index contributed by atoms with van der Waals surface area (Å²) in [6, 6.07) is 14.1. The molecule has 0 aliphatic rings. The zero-order valence-corrected chi connectivity index (χ0v) is 14.8. The normalized spacial score (nSPS) is 10.0. The Morgan fingerprint density at radius 3 is 2.61 bits per heavy atom. The van der Waals surface area contributed by atoms with Gasteiger partial charge in [-0.15, -0.1) is 35.6 Å². The predicted molar refractivity (Wildman–Crippen MR) is 88.4 cm³/mol. The zero-order valence-electron chi connectivity index (χ0n) is 11.5. The maximum Gasteiger partial charge on any atom is 0.181 e. The van der Waals surface area contributed by atoms with Crippen molar-refractivity contribution in [2.75, 3.05) is 5.32 Å². The van der Waals surface area contributed by atoms with Crippen LogP contribution in [0.25, 0.3) is 11.3 Å². The van der Waals surface area contributed by atoms with E-state index in [1.165, 1.54) is 23.5 Å². The van der Waals surface area contributed by atoms with E-state index >= 15 is 0 Å². The van der Waals surface area contributed by atoms with Gasteiger partial charge in [0.25, 0.3) is 0 Å². The molecule has 1 heterocycles. The smallest absolute Gasteiger partial charge is 0.181 e. The van der Waals surface area contributed by atoms with Crippen LogP contribution in [0.1, 0.15) is 10.4 Å². The molecular weight excluding hydrogens is 426 g/mol. The Morgan fingerprint density at radius 2 is 1.96 bits per heavy atom. The zero-order chi connectivity index (χ0) is 15.5. The molecule has 0 spiro atoms. The topological polar surface area (TPSA) is 42.0 Å². The van der Waals surface area contributed by atoms with Crippen molar-refractivity contribution >= 4 is 38.3 Å². The van der Waals surface area contributed by atoms with E-state index in [0.29, 0.717) is 5.13 Å². The number of anilines is 1. The number of nitrogens with zero attached hydrogens (tertiary/aromatic N) is 1. The summed E-state index contributed by atoms with van der Waals surface area (Å²) in [6.45, 7) is 0. The maximum atomic E-state index is 12.8. The minimum absolute atomic E-state index is 0. The summed E-state index contributed by atoms with van der Waals surface area (Å²) in [6.07, 6.45) is 0. The second-order valence-corrected chi connectivity index (χ2v) is 6.19. The van der Waals surface area contributed by atoms with E-state index in [2.05, 4.69) is 32.3 Å². The van der Waals surface area contributed by atoms with Crippen LogP contribution in [0, 0.1) is 11.9 Å². The minimum atomic E-state index is -0.427. The number of carbonyl (C=O) groups is 1. The molecule has 0 aliphatic heterocycles. The Bertz CT molecular complexity index is 806. The van der Waals surface area contributed by atoms with Crippen LogP contribution in [-0.4, -0.2) is 10.9 Å². The van der Waals surface area contributed by atoms with Gasteiger partial charge in [-0.2, -0.15) is 0 Å². The summed E-state index contributed by atoms with van der Waals surface area (Å²) in [5.41, 5.74) is 2.02. The summed E-state index contributed by atoms with van der Waals surface area (Å²) >= 11 is 4.71. The summed E-state index contributed by atoms with van der Waals surface area (Å²) in [5, 5.41) is 5.04. The van der Waals surface area contributed by atoms with Crippen molar-refractivity contribution in [3.8, 4) is 11.3 Å². The van der Waals surface area contributed by atoms with Crippen molar-refractivity contribution < 1.29 is 25.7 Å².